The van der Waals surface area contributed by atoms with Crippen LogP contribution in [0.2, 0.25) is 0 Å². The molecule has 0 radical (unpaired) electrons. The van der Waals surface area contributed by atoms with Gasteiger partial charge in [0.1, 0.15) is 0 Å². The summed E-state index contributed by atoms with van der Waals surface area (Å²) in [7, 11) is 1.36. The molecule has 6 nitrogen and oxygen atoms in total. The van der Waals surface area contributed by atoms with Crippen molar-refractivity contribution in [2.24, 2.45) is 0 Å². The Morgan fingerprint density at radius 3 is 3.04 bits per heavy atom. The maximum Gasteiger partial charge on any atom is 0.407 e. The first kappa shape index (κ1) is 17.3. The number of carbonyl (C=O) groups is 1. The Morgan fingerprint density at radius 2 is 2.26 bits per heavy atom. The van der Waals surface area contributed by atoms with Crippen LogP contribution in [0.15, 0.2) is 36.4 Å². The van der Waals surface area contributed by atoms with Crippen molar-refractivity contribution in [1.29, 1.82) is 0 Å². The molecule has 0 aliphatic heterocycles. The molecule has 1 aromatic carbocycles. The van der Waals surface area contributed by atoms with Crippen LogP contribution in [0, 0.1) is 5.95 Å². The van der Waals surface area contributed by atoms with E-state index in [0.717, 1.165) is 23.7 Å². The third-order valence-electron chi connectivity index (χ3n) is 5.09. The first-order chi connectivity index (χ1) is 13.0. The Kier molecular flexibility index (Phi) is 4.43. The largest absolute Gasteiger partial charge is 0.453 e. The van der Waals surface area contributed by atoms with Crippen molar-refractivity contribution < 1.29 is 13.9 Å². The maximum atomic E-state index is 13.5. The number of carbonyl (C=O) groups excluding carboxylic acids is 1. The number of methoxy groups -OCH3 is 1. The summed E-state index contributed by atoms with van der Waals surface area (Å²) in [5.41, 5.74) is 10.8. The minimum absolute atomic E-state index is 0.0118. The smallest absolute Gasteiger partial charge is 0.407 e. The van der Waals surface area contributed by atoms with Gasteiger partial charge in [0.2, 0.25) is 5.95 Å². The van der Waals surface area contributed by atoms with E-state index >= 15 is 0 Å². The number of hydrogen-bond acceptors (Lipinski definition) is 4. The number of rotatable bonds is 3. The standard InChI is InChI=1S/C20H21FN4O2/c1-27-20(26)24-13-6-8-18-16(10-13)15-9-12(22)5-7-17(15)25(18)11-14-3-2-4-19(21)23-14/h2-5,7,9,13H,6,8,10-11,22H2,1H3,(H,24,26)/t13-/m1/s1. The van der Waals surface area contributed by atoms with Crippen molar-refractivity contribution in [1.82, 2.24) is 14.9 Å². The first-order valence-corrected chi connectivity index (χ1v) is 8.90. The molecule has 1 aliphatic carbocycles. The second-order valence-electron chi connectivity index (χ2n) is 6.82. The predicted molar refractivity (Wildman–Crippen MR) is 101 cm³/mol. The lowest BCUT2D eigenvalue weighted by atomic mass is 9.91. The monoisotopic (exact) mass is 368 g/mol. The van der Waals surface area contributed by atoms with Gasteiger partial charge in [-0.15, -0.1) is 0 Å². The SMILES string of the molecule is COC(=O)N[C@@H]1CCc2c(c3cc(N)ccc3n2Cc2cccc(F)n2)C1. The van der Waals surface area contributed by atoms with Crippen LogP contribution in [0.25, 0.3) is 10.9 Å². The number of anilines is 1. The number of ether oxygens (including phenoxy) is 1. The Labute approximate surface area is 156 Å². The van der Waals surface area contributed by atoms with E-state index in [2.05, 4.69) is 14.9 Å². The summed E-state index contributed by atoms with van der Waals surface area (Å²) in [5, 5.41) is 3.96. The summed E-state index contributed by atoms with van der Waals surface area (Å²) in [4.78, 5) is 15.6. The van der Waals surface area contributed by atoms with Crippen LogP contribution in [0.5, 0.6) is 0 Å². The van der Waals surface area contributed by atoms with Crippen LogP contribution in [-0.4, -0.2) is 28.8 Å². The van der Waals surface area contributed by atoms with Gasteiger partial charge in [-0.25, -0.2) is 9.78 Å². The van der Waals surface area contributed by atoms with Gasteiger partial charge < -0.3 is 20.4 Å². The van der Waals surface area contributed by atoms with Crippen LogP contribution in [-0.2, 0) is 24.1 Å². The number of alkyl carbamates (subject to hydrolysis) is 1. The van der Waals surface area contributed by atoms with E-state index < -0.39 is 12.0 Å². The summed E-state index contributed by atoms with van der Waals surface area (Å²) in [6.07, 6.45) is 1.89. The van der Waals surface area contributed by atoms with E-state index in [9.17, 15) is 9.18 Å². The molecule has 0 saturated heterocycles. The Balaban J connectivity index is 1.76. The predicted octanol–water partition coefficient (Wildman–Crippen LogP) is 3.02. The highest BCUT2D eigenvalue weighted by atomic mass is 19.1. The van der Waals surface area contributed by atoms with E-state index in [1.807, 2.05) is 24.3 Å². The molecule has 2 heterocycles. The number of nitrogens with two attached hydrogens (primary N) is 1. The molecule has 4 rings (SSSR count). The van der Waals surface area contributed by atoms with E-state index in [1.165, 1.54) is 24.4 Å². The van der Waals surface area contributed by atoms with Crippen molar-refractivity contribution in [3.63, 3.8) is 0 Å². The van der Waals surface area contributed by atoms with Crippen LogP contribution in [0.3, 0.4) is 0 Å². The van der Waals surface area contributed by atoms with Gasteiger partial charge in [0.25, 0.3) is 0 Å². The summed E-state index contributed by atoms with van der Waals surface area (Å²) in [6, 6.07) is 10.7. The fourth-order valence-electron chi connectivity index (χ4n) is 3.90. The molecule has 0 saturated carbocycles. The molecule has 0 bridgehead atoms. The molecule has 27 heavy (non-hydrogen) atoms. The lowest BCUT2D eigenvalue weighted by Crippen LogP contribution is -2.38. The van der Waals surface area contributed by atoms with Gasteiger partial charge in [0, 0.05) is 28.3 Å². The number of aromatic nitrogens is 2. The average Bonchev–Trinajstić information content (AvgIpc) is 2.94. The minimum Gasteiger partial charge on any atom is -0.453 e. The molecule has 0 fully saturated rings. The van der Waals surface area contributed by atoms with Gasteiger partial charge in [-0.2, -0.15) is 4.39 Å². The van der Waals surface area contributed by atoms with Gasteiger partial charge >= 0.3 is 6.09 Å². The van der Waals surface area contributed by atoms with E-state index in [-0.39, 0.29) is 6.04 Å². The van der Waals surface area contributed by atoms with Gasteiger partial charge in [-0.1, -0.05) is 6.07 Å². The zero-order valence-corrected chi connectivity index (χ0v) is 15.0. The lowest BCUT2D eigenvalue weighted by molar-refractivity contribution is 0.165. The molecule has 140 valence electrons. The number of hydrogen-bond donors (Lipinski definition) is 2. The van der Waals surface area contributed by atoms with Gasteiger partial charge in [-0.05, 0) is 55.2 Å². The molecule has 3 aromatic rings. The number of nitrogens with zero attached hydrogens (tertiary/aromatic N) is 2. The number of nitrogens with one attached hydrogen (secondary N) is 1. The fraction of sp³-hybridized carbons (Fsp3) is 0.300. The first-order valence-electron chi connectivity index (χ1n) is 8.90. The molecule has 2 aromatic heterocycles. The number of fused-ring (bicyclic) bond motifs is 3. The molecule has 1 aliphatic rings. The zero-order valence-electron chi connectivity index (χ0n) is 15.0. The Hall–Kier alpha value is -3.09. The summed E-state index contributed by atoms with van der Waals surface area (Å²) >= 11 is 0. The van der Waals surface area contributed by atoms with E-state index in [0.29, 0.717) is 24.3 Å². The molecular weight excluding hydrogens is 347 g/mol. The van der Waals surface area contributed by atoms with E-state index in [4.69, 9.17) is 10.5 Å². The third kappa shape index (κ3) is 3.32. The quantitative estimate of drug-likeness (QED) is 0.550. The number of benzene rings is 1. The van der Waals surface area contributed by atoms with Gasteiger partial charge in [0.05, 0.1) is 19.3 Å². The van der Waals surface area contributed by atoms with Crippen LogP contribution >= 0.6 is 0 Å². The normalized spacial score (nSPS) is 16.1. The topological polar surface area (TPSA) is 82.2 Å². The fourth-order valence-corrected chi connectivity index (χ4v) is 3.90. The van der Waals surface area contributed by atoms with Crippen LogP contribution < -0.4 is 11.1 Å². The molecule has 7 heteroatoms. The summed E-state index contributed by atoms with van der Waals surface area (Å²) < 4.78 is 20.4. The molecular formula is C20H21FN4O2. The van der Waals surface area contributed by atoms with Gasteiger partial charge in [-0.3, -0.25) is 0 Å². The maximum absolute atomic E-state index is 13.5. The molecule has 3 N–H and O–H groups in total. The van der Waals surface area contributed by atoms with Gasteiger partial charge in [0.15, 0.2) is 0 Å². The van der Waals surface area contributed by atoms with Crippen molar-refractivity contribution in [2.75, 3.05) is 12.8 Å². The molecule has 1 atom stereocenters. The Morgan fingerprint density at radius 1 is 1.41 bits per heavy atom. The van der Waals surface area contributed by atoms with Crippen molar-refractivity contribution in [2.45, 2.75) is 31.8 Å². The number of amides is 1. The highest BCUT2D eigenvalue weighted by Crippen LogP contribution is 2.34. The second kappa shape index (κ2) is 6.90. The molecule has 0 spiro atoms. The molecule has 1 amide bonds. The second-order valence-corrected chi connectivity index (χ2v) is 6.82. The highest BCUT2D eigenvalue weighted by Gasteiger charge is 2.26. The number of pyridine rings is 1. The Bertz CT molecular complexity index is 1010. The third-order valence-corrected chi connectivity index (χ3v) is 5.09. The number of halogens is 1. The molecule has 0 unspecified atom stereocenters. The van der Waals surface area contributed by atoms with Crippen LogP contribution in [0.4, 0.5) is 14.9 Å². The zero-order chi connectivity index (χ0) is 19.0. The van der Waals surface area contributed by atoms with Crippen molar-refractivity contribution in [3.05, 3.63) is 59.3 Å². The minimum atomic E-state index is -0.482. The van der Waals surface area contributed by atoms with Crippen molar-refractivity contribution >= 4 is 22.7 Å². The highest BCUT2D eigenvalue weighted by molar-refractivity contribution is 5.88. The average molecular weight is 368 g/mol. The summed E-state index contributed by atoms with van der Waals surface area (Å²) in [6.45, 7) is 0.489. The van der Waals surface area contributed by atoms with Crippen LogP contribution in [0.1, 0.15) is 23.4 Å². The summed E-state index contributed by atoms with van der Waals surface area (Å²) in [5.74, 6) is -0.482. The van der Waals surface area contributed by atoms with Crippen molar-refractivity contribution in [3.8, 4) is 0 Å². The lowest BCUT2D eigenvalue weighted by Gasteiger charge is -2.24. The van der Waals surface area contributed by atoms with E-state index in [1.54, 1.807) is 6.07 Å². The number of nitrogen functional groups attached to an aromatic ring is 1.